The number of nitrogens with one attached hydrogen (secondary N) is 2. The van der Waals surface area contributed by atoms with E-state index in [1.807, 2.05) is 0 Å². The number of benzene rings is 3. The average molecular weight is 558 g/mol. The summed E-state index contributed by atoms with van der Waals surface area (Å²) in [5.41, 5.74) is 0.192. The number of alkyl halides is 3. The molecule has 3 aromatic carbocycles. The lowest BCUT2D eigenvalue weighted by molar-refractivity contribution is -0.274. The molecule has 1 amide bonds. The SMILES string of the molecule is N#C/C(C(=O)Nc1ccc(-c2ncn(-c3ccc(OC(F)(F)F)cc3)n2)cc1)=C(/S)Nc1c(F)cccc1F. The average Bonchev–Trinajstić information content (AvgIpc) is 3.37. The number of carbonyl (C=O) groups excluding carboxylic acids is 1. The highest BCUT2D eigenvalue weighted by Crippen LogP contribution is 2.25. The fourth-order valence-corrected chi connectivity index (χ4v) is 3.49. The molecule has 198 valence electrons. The van der Waals surface area contributed by atoms with Gasteiger partial charge in [0.15, 0.2) is 5.82 Å². The monoisotopic (exact) mass is 558 g/mol. The first kappa shape index (κ1) is 27.1. The van der Waals surface area contributed by atoms with Crippen LogP contribution in [-0.2, 0) is 4.79 Å². The second kappa shape index (κ2) is 11.2. The van der Waals surface area contributed by atoms with E-state index in [1.165, 1.54) is 35.3 Å². The van der Waals surface area contributed by atoms with Gasteiger partial charge in [0.1, 0.15) is 41.0 Å². The van der Waals surface area contributed by atoms with Gasteiger partial charge in [-0.1, -0.05) is 6.07 Å². The number of para-hydroxylation sites is 1. The molecule has 0 aliphatic rings. The maximum absolute atomic E-state index is 13.9. The van der Waals surface area contributed by atoms with Gasteiger partial charge in [0.25, 0.3) is 5.91 Å². The second-order valence-electron chi connectivity index (χ2n) is 7.64. The standard InChI is InChI=1S/C25H15F5N6O2S/c26-19-2-1-3-20(27)21(19)34-24(39)18(12-31)23(37)33-15-6-4-14(5-7-15)22-32-13-36(35-22)16-8-10-17(11-9-16)38-25(28,29)30/h1-11,13,34,39H,(H,33,37)/b24-18-. The quantitative estimate of drug-likeness (QED) is 0.114. The Balaban J connectivity index is 1.44. The number of nitriles is 1. The van der Waals surface area contributed by atoms with Gasteiger partial charge in [-0.15, -0.1) is 30.9 Å². The number of hydrogen-bond acceptors (Lipinski definition) is 7. The van der Waals surface area contributed by atoms with Crippen LogP contribution in [-0.4, -0.2) is 27.0 Å². The first-order chi connectivity index (χ1) is 18.5. The highest BCUT2D eigenvalue weighted by molar-refractivity contribution is 7.84. The minimum atomic E-state index is -4.80. The number of hydrogen-bond donors (Lipinski definition) is 3. The maximum atomic E-state index is 13.9. The van der Waals surface area contributed by atoms with Gasteiger partial charge in [0.05, 0.1) is 10.7 Å². The molecule has 39 heavy (non-hydrogen) atoms. The summed E-state index contributed by atoms with van der Waals surface area (Å²) in [7, 11) is 0. The Kier molecular flexibility index (Phi) is 7.82. The number of thiol groups is 1. The largest absolute Gasteiger partial charge is 0.573 e. The Morgan fingerprint density at radius 3 is 2.21 bits per heavy atom. The molecule has 1 aromatic heterocycles. The highest BCUT2D eigenvalue weighted by atomic mass is 32.1. The Morgan fingerprint density at radius 2 is 1.62 bits per heavy atom. The summed E-state index contributed by atoms with van der Waals surface area (Å²) in [6.07, 6.45) is -3.43. The van der Waals surface area contributed by atoms with E-state index in [9.17, 15) is 32.0 Å². The van der Waals surface area contributed by atoms with E-state index >= 15 is 0 Å². The van der Waals surface area contributed by atoms with Gasteiger partial charge in [-0.25, -0.2) is 18.4 Å². The van der Waals surface area contributed by atoms with Crippen LogP contribution in [0, 0.1) is 23.0 Å². The van der Waals surface area contributed by atoms with Crippen LogP contribution in [0.2, 0.25) is 0 Å². The van der Waals surface area contributed by atoms with E-state index in [1.54, 1.807) is 18.2 Å². The molecule has 0 fully saturated rings. The number of nitrogens with zero attached hydrogens (tertiary/aromatic N) is 4. The summed E-state index contributed by atoms with van der Waals surface area (Å²) in [4.78, 5) is 16.8. The molecule has 2 N–H and O–H groups in total. The minimum Gasteiger partial charge on any atom is -0.406 e. The number of halogens is 5. The minimum absolute atomic E-state index is 0.286. The van der Waals surface area contributed by atoms with Crippen molar-refractivity contribution in [1.29, 1.82) is 5.26 Å². The van der Waals surface area contributed by atoms with Crippen molar-refractivity contribution in [3.8, 4) is 28.9 Å². The van der Waals surface area contributed by atoms with E-state index in [0.717, 1.165) is 30.3 Å². The number of rotatable bonds is 7. The first-order valence-electron chi connectivity index (χ1n) is 10.8. The molecule has 14 heteroatoms. The Labute approximate surface area is 222 Å². The van der Waals surface area contributed by atoms with E-state index in [2.05, 4.69) is 38.1 Å². The summed E-state index contributed by atoms with van der Waals surface area (Å²) in [6, 6.07) is 16.0. The molecule has 0 spiro atoms. The van der Waals surface area contributed by atoms with Crippen molar-refractivity contribution in [2.75, 3.05) is 10.6 Å². The second-order valence-corrected chi connectivity index (χ2v) is 8.09. The van der Waals surface area contributed by atoms with E-state index in [-0.39, 0.29) is 22.3 Å². The number of carbonyl (C=O) groups is 1. The molecule has 8 nitrogen and oxygen atoms in total. The highest BCUT2D eigenvalue weighted by Gasteiger charge is 2.31. The van der Waals surface area contributed by atoms with Crippen LogP contribution in [0.25, 0.3) is 17.1 Å². The van der Waals surface area contributed by atoms with Crippen LogP contribution in [0.4, 0.5) is 33.3 Å². The van der Waals surface area contributed by atoms with E-state index in [0.29, 0.717) is 11.3 Å². The summed E-state index contributed by atoms with van der Waals surface area (Å²) in [5.74, 6) is -2.83. The predicted molar refractivity (Wildman–Crippen MR) is 134 cm³/mol. The summed E-state index contributed by atoms with van der Waals surface area (Å²) in [6.45, 7) is 0. The van der Waals surface area contributed by atoms with Crippen LogP contribution in [0.15, 0.2) is 83.7 Å². The van der Waals surface area contributed by atoms with Crippen molar-refractivity contribution < 1.29 is 31.5 Å². The van der Waals surface area contributed by atoms with Crippen LogP contribution >= 0.6 is 12.6 Å². The van der Waals surface area contributed by atoms with E-state index < -0.39 is 35.2 Å². The van der Waals surface area contributed by atoms with Gasteiger partial charge in [0, 0.05) is 11.3 Å². The molecule has 0 saturated carbocycles. The van der Waals surface area contributed by atoms with Gasteiger partial charge in [0.2, 0.25) is 0 Å². The van der Waals surface area contributed by atoms with Crippen LogP contribution in [0.3, 0.4) is 0 Å². The van der Waals surface area contributed by atoms with Crippen molar-refractivity contribution in [2.24, 2.45) is 0 Å². The fraction of sp³-hybridized carbons (Fsp3) is 0.0400. The fourth-order valence-electron chi connectivity index (χ4n) is 3.23. The lowest BCUT2D eigenvalue weighted by Gasteiger charge is -2.11. The molecule has 0 atom stereocenters. The first-order valence-corrected chi connectivity index (χ1v) is 11.2. The number of amides is 1. The molecular weight excluding hydrogens is 543 g/mol. The zero-order valence-corrected chi connectivity index (χ0v) is 20.3. The zero-order chi connectivity index (χ0) is 28.2. The van der Waals surface area contributed by atoms with Gasteiger partial charge in [-0.05, 0) is 60.7 Å². The zero-order valence-electron chi connectivity index (χ0n) is 19.4. The molecule has 4 rings (SSSR count). The van der Waals surface area contributed by atoms with E-state index in [4.69, 9.17) is 0 Å². The lowest BCUT2D eigenvalue weighted by atomic mass is 10.2. The van der Waals surface area contributed by atoms with Crippen molar-refractivity contribution >= 4 is 29.9 Å². The molecule has 0 aliphatic carbocycles. The topological polar surface area (TPSA) is 105 Å². The van der Waals surface area contributed by atoms with Crippen LogP contribution in [0.1, 0.15) is 0 Å². The number of aromatic nitrogens is 3. The van der Waals surface area contributed by atoms with Gasteiger partial charge < -0.3 is 15.4 Å². The normalized spacial score (nSPS) is 11.8. The van der Waals surface area contributed by atoms with Crippen LogP contribution in [0.5, 0.6) is 5.75 Å². The Bertz CT molecular complexity index is 1560. The number of anilines is 2. The molecule has 0 radical (unpaired) electrons. The molecule has 4 aromatic rings. The van der Waals surface area contributed by atoms with Crippen molar-refractivity contribution in [1.82, 2.24) is 14.8 Å². The smallest absolute Gasteiger partial charge is 0.406 e. The third-order valence-corrected chi connectivity index (χ3v) is 5.34. The Morgan fingerprint density at radius 1 is 0.974 bits per heavy atom. The summed E-state index contributed by atoms with van der Waals surface area (Å²) < 4.78 is 69.9. The van der Waals surface area contributed by atoms with Crippen molar-refractivity contribution in [3.05, 3.63) is 95.3 Å². The molecule has 1 heterocycles. The molecule has 0 bridgehead atoms. The van der Waals surface area contributed by atoms with Crippen molar-refractivity contribution in [2.45, 2.75) is 6.36 Å². The Hall–Kier alpha value is -4.90. The summed E-state index contributed by atoms with van der Waals surface area (Å²) in [5, 5.41) is 18.1. The molecular formula is C25H15F5N6O2S. The predicted octanol–water partition coefficient (Wildman–Crippen LogP) is 5.83. The van der Waals surface area contributed by atoms with Crippen LogP contribution < -0.4 is 15.4 Å². The lowest BCUT2D eigenvalue weighted by Crippen LogP contribution is -2.17. The third-order valence-electron chi connectivity index (χ3n) is 5.01. The van der Waals surface area contributed by atoms with Crippen molar-refractivity contribution in [3.63, 3.8) is 0 Å². The van der Waals surface area contributed by atoms with Gasteiger partial charge in [-0.3, -0.25) is 4.79 Å². The summed E-state index contributed by atoms with van der Waals surface area (Å²) >= 11 is 4.01. The number of ether oxygens (including phenoxy) is 1. The third kappa shape index (κ3) is 6.70. The molecule has 0 saturated heterocycles. The van der Waals surface area contributed by atoms with Gasteiger partial charge in [-0.2, -0.15) is 5.26 Å². The van der Waals surface area contributed by atoms with Gasteiger partial charge >= 0.3 is 6.36 Å². The maximum Gasteiger partial charge on any atom is 0.573 e. The molecule has 0 aliphatic heterocycles. The molecule has 0 unspecified atom stereocenters.